The molecule has 19 heavy (non-hydrogen) atoms. The molecule has 3 heteroatoms. The van der Waals surface area contributed by atoms with Crippen molar-refractivity contribution in [1.29, 1.82) is 0 Å². The van der Waals surface area contributed by atoms with Gasteiger partial charge in [-0.2, -0.15) is 0 Å². The minimum absolute atomic E-state index is 0.322. The third kappa shape index (κ3) is 4.51. The van der Waals surface area contributed by atoms with E-state index in [0.717, 1.165) is 39.1 Å². The van der Waals surface area contributed by atoms with Gasteiger partial charge in [0.2, 0.25) is 0 Å². The molecule has 0 spiro atoms. The van der Waals surface area contributed by atoms with E-state index in [1.165, 1.54) is 5.69 Å². The molecule has 1 heterocycles. The van der Waals surface area contributed by atoms with Gasteiger partial charge in [-0.15, -0.1) is 0 Å². The van der Waals surface area contributed by atoms with Crippen LogP contribution in [-0.4, -0.2) is 43.7 Å². The fraction of sp³-hybridized carbons (Fsp3) is 0.625. The molecule has 0 aliphatic carbocycles. The first-order valence-electron chi connectivity index (χ1n) is 7.43. The molecule has 0 saturated carbocycles. The smallest absolute Gasteiger partial charge is 0.0367 e. The van der Waals surface area contributed by atoms with E-state index in [-0.39, 0.29) is 0 Å². The zero-order chi connectivity index (χ0) is 13.7. The van der Waals surface area contributed by atoms with Crippen molar-refractivity contribution < 1.29 is 0 Å². The summed E-state index contributed by atoms with van der Waals surface area (Å²) in [5, 5.41) is 0. The summed E-state index contributed by atoms with van der Waals surface area (Å²) in [7, 11) is 0. The van der Waals surface area contributed by atoms with Crippen LogP contribution < -0.4 is 10.6 Å². The molecule has 2 rings (SSSR count). The van der Waals surface area contributed by atoms with Crippen LogP contribution in [0.15, 0.2) is 30.3 Å². The predicted octanol–water partition coefficient (Wildman–Crippen LogP) is 2.18. The van der Waals surface area contributed by atoms with Gasteiger partial charge in [-0.05, 0) is 24.5 Å². The first-order valence-corrected chi connectivity index (χ1v) is 7.43. The standard InChI is InChI=1S/C16H27N3/c1-14(2)12-15(17)13-18-8-10-19(11-9-18)16-6-4-3-5-7-16/h3-7,14-15H,8-13,17H2,1-2H3. The second-order valence-corrected chi connectivity index (χ2v) is 6.01. The zero-order valence-electron chi connectivity index (χ0n) is 12.3. The van der Waals surface area contributed by atoms with Gasteiger partial charge in [0.25, 0.3) is 0 Å². The quantitative estimate of drug-likeness (QED) is 0.882. The maximum absolute atomic E-state index is 6.20. The van der Waals surface area contributed by atoms with Gasteiger partial charge >= 0.3 is 0 Å². The second-order valence-electron chi connectivity index (χ2n) is 6.01. The predicted molar refractivity (Wildman–Crippen MR) is 82.5 cm³/mol. The van der Waals surface area contributed by atoms with Crippen molar-refractivity contribution in [3.63, 3.8) is 0 Å². The maximum Gasteiger partial charge on any atom is 0.0367 e. The average molecular weight is 261 g/mol. The number of piperazine rings is 1. The van der Waals surface area contributed by atoms with E-state index in [9.17, 15) is 0 Å². The molecular formula is C16H27N3. The molecule has 0 aromatic heterocycles. The summed E-state index contributed by atoms with van der Waals surface area (Å²) in [4.78, 5) is 4.97. The van der Waals surface area contributed by atoms with Crippen LogP contribution in [0.25, 0.3) is 0 Å². The monoisotopic (exact) mass is 261 g/mol. The van der Waals surface area contributed by atoms with Gasteiger partial charge in [-0.1, -0.05) is 32.0 Å². The average Bonchev–Trinajstić information content (AvgIpc) is 2.39. The van der Waals surface area contributed by atoms with E-state index < -0.39 is 0 Å². The molecule has 3 nitrogen and oxygen atoms in total. The normalized spacial score (nSPS) is 18.8. The molecule has 1 aromatic rings. The van der Waals surface area contributed by atoms with E-state index in [1.54, 1.807) is 0 Å². The Balaban J connectivity index is 1.76. The van der Waals surface area contributed by atoms with Crippen molar-refractivity contribution in [2.45, 2.75) is 26.3 Å². The summed E-state index contributed by atoms with van der Waals surface area (Å²) in [5.74, 6) is 0.695. The minimum Gasteiger partial charge on any atom is -0.369 e. The van der Waals surface area contributed by atoms with E-state index in [4.69, 9.17) is 5.73 Å². The number of benzene rings is 1. The third-order valence-corrected chi connectivity index (χ3v) is 3.76. The highest BCUT2D eigenvalue weighted by Crippen LogP contribution is 2.15. The topological polar surface area (TPSA) is 32.5 Å². The number of rotatable bonds is 5. The summed E-state index contributed by atoms with van der Waals surface area (Å²) < 4.78 is 0. The van der Waals surface area contributed by atoms with Crippen LogP contribution in [0.4, 0.5) is 5.69 Å². The fourth-order valence-electron chi connectivity index (χ4n) is 2.84. The van der Waals surface area contributed by atoms with Gasteiger partial charge in [0.1, 0.15) is 0 Å². The lowest BCUT2D eigenvalue weighted by molar-refractivity contribution is 0.233. The Morgan fingerprint density at radius 1 is 1.05 bits per heavy atom. The van der Waals surface area contributed by atoms with Crippen LogP contribution in [0, 0.1) is 5.92 Å². The van der Waals surface area contributed by atoms with Gasteiger partial charge in [0, 0.05) is 44.5 Å². The van der Waals surface area contributed by atoms with Crippen LogP contribution in [0.2, 0.25) is 0 Å². The van der Waals surface area contributed by atoms with Crippen LogP contribution in [0.3, 0.4) is 0 Å². The molecule has 1 unspecified atom stereocenters. The number of para-hydroxylation sites is 1. The summed E-state index contributed by atoms with van der Waals surface area (Å²) in [6.07, 6.45) is 1.12. The Morgan fingerprint density at radius 2 is 1.68 bits per heavy atom. The molecule has 1 atom stereocenters. The number of hydrogen-bond donors (Lipinski definition) is 1. The SMILES string of the molecule is CC(C)CC(N)CN1CCN(c2ccccc2)CC1. The van der Waals surface area contributed by atoms with Crippen LogP contribution in [-0.2, 0) is 0 Å². The highest BCUT2D eigenvalue weighted by Gasteiger charge is 2.19. The molecule has 0 amide bonds. The van der Waals surface area contributed by atoms with Crippen LogP contribution in [0.5, 0.6) is 0 Å². The fourth-order valence-corrected chi connectivity index (χ4v) is 2.84. The third-order valence-electron chi connectivity index (χ3n) is 3.76. The van der Waals surface area contributed by atoms with Gasteiger partial charge in [0.15, 0.2) is 0 Å². The summed E-state index contributed by atoms with van der Waals surface area (Å²) in [5.41, 5.74) is 7.54. The number of anilines is 1. The molecule has 1 fully saturated rings. The number of nitrogens with zero attached hydrogens (tertiary/aromatic N) is 2. The molecule has 0 radical (unpaired) electrons. The van der Waals surface area contributed by atoms with Crippen molar-refractivity contribution in [3.8, 4) is 0 Å². The Hall–Kier alpha value is -1.06. The van der Waals surface area contributed by atoms with Crippen molar-refractivity contribution in [3.05, 3.63) is 30.3 Å². The second kappa shape index (κ2) is 6.92. The van der Waals surface area contributed by atoms with E-state index in [2.05, 4.69) is 54.0 Å². The van der Waals surface area contributed by atoms with Crippen molar-refractivity contribution in [1.82, 2.24) is 4.90 Å². The van der Waals surface area contributed by atoms with Crippen molar-refractivity contribution >= 4 is 5.69 Å². The molecular weight excluding hydrogens is 234 g/mol. The number of hydrogen-bond acceptors (Lipinski definition) is 3. The van der Waals surface area contributed by atoms with Crippen LogP contribution >= 0.6 is 0 Å². The minimum atomic E-state index is 0.322. The first-order chi connectivity index (χ1) is 9.15. The molecule has 1 aliphatic rings. The van der Waals surface area contributed by atoms with Crippen LogP contribution in [0.1, 0.15) is 20.3 Å². The lowest BCUT2D eigenvalue weighted by atomic mass is 10.0. The van der Waals surface area contributed by atoms with Gasteiger partial charge in [0.05, 0.1) is 0 Å². The zero-order valence-corrected chi connectivity index (χ0v) is 12.3. The summed E-state index contributed by atoms with van der Waals surface area (Å²) in [6, 6.07) is 11.0. The van der Waals surface area contributed by atoms with E-state index in [1.807, 2.05) is 0 Å². The highest BCUT2D eigenvalue weighted by atomic mass is 15.3. The lowest BCUT2D eigenvalue weighted by Gasteiger charge is -2.37. The number of nitrogens with two attached hydrogens (primary N) is 1. The highest BCUT2D eigenvalue weighted by molar-refractivity contribution is 5.46. The van der Waals surface area contributed by atoms with Crippen molar-refractivity contribution in [2.24, 2.45) is 11.7 Å². The largest absolute Gasteiger partial charge is 0.369 e. The van der Waals surface area contributed by atoms with E-state index in [0.29, 0.717) is 12.0 Å². The van der Waals surface area contributed by atoms with E-state index >= 15 is 0 Å². The summed E-state index contributed by atoms with van der Waals surface area (Å²) in [6.45, 7) is 10.00. The van der Waals surface area contributed by atoms with Crippen molar-refractivity contribution in [2.75, 3.05) is 37.6 Å². The van der Waals surface area contributed by atoms with Gasteiger partial charge in [-0.25, -0.2) is 0 Å². The maximum atomic E-state index is 6.20. The first kappa shape index (κ1) is 14.4. The Morgan fingerprint density at radius 3 is 2.26 bits per heavy atom. The van der Waals surface area contributed by atoms with Gasteiger partial charge in [-0.3, -0.25) is 4.90 Å². The Labute approximate surface area is 117 Å². The molecule has 1 aliphatic heterocycles. The van der Waals surface area contributed by atoms with Gasteiger partial charge < -0.3 is 10.6 Å². The lowest BCUT2D eigenvalue weighted by Crippen LogP contribution is -2.50. The molecule has 2 N–H and O–H groups in total. The Bertz CT molecular complexity index is 356. The molecule has 0 bridgehead atoms. The summed E-state index contributed by atoms with van der Waals surface area (Å²) >= 11 is 0. The Kier molecular flexibility index (Phi) is 5.23. The molecule has 1 aromatic carbocycles. The molecule has 1 saturated heterocycles. The molecule has 106 valence electrons.